The zero-order valence-corrected chi connectivity index (χ0v) is 14.7. The molecule has 0 atom stereocenters. The Morgan fingerprint density at radius 1 is 0.630 bits per heavy atom. The molecule has 0 aromatic heterocycles. The summed E-state index contributed by atoms with van der Waals surface area (Å²) in [5, 5.41) is 0. The molecule has 2 aromatic carbocycles. The molecule has 27 heavy (non-hydrogen) atoms. The number of fused-ring (bicyclic) bond motifs is 2. The van der Waals surface area contributed by atoms with Gasteiger partial charge in [0.2, 0.25) is 0 Å². The maximum absolute atomic E-state index is 12.5. The van der Waals surface area contributed by atoms with Gasteiger partial charge in [-0.15, -0.1) is 0 Å². The van der Waals surface area contributed by atoms with Crippen molar-refractivity contribution in [2.45, 2.75) is 9.79 Å². The van der Waals surface area contributed by atoms with E-state index < -0.39 is 60.1 Å². The van der Waals surface area contributed by atoms with Crippen molar-refractivity contribution in [3.8, 4) is 0 Å². The largest absolute Gasteiger partial charge is 0.684 e. The number of carbonyl (C=O) groups excluding carboxylic acids is 2. The molecule has 2 aromatic rings. The first-order valence-corrected chi connectivity index (χ1v) is 10.1. The van der Waals surface area contributed by atoms with E-state index in [9.17, 15) is 26.4 Å². The standard InChI is InChI=1S/C14H8BO10S2/c16-13-9-5-1-3-7-11(9)26(18,19)24-15(22-13)23-14(17)10-6-2-4-8-12(10)27(20,21)25-15/h1-8H/q-1. The van der Waals surface area contributed by atoms with E-state index in [1.54, 1.807) is 0 Å². The molecule has 0 N–H and O–H groups in total. The van der Waals surface area contributed by atoms with Crippen LogP contribution in [0.25, 0.3) is 0 Å². The molecular formula is C14H8BO10S2-. The number of rotatable bonds is 0. The number of benzene rings is 2. The van der Waals surface area contributed by atoms with Crippen molar-refractivity contribution < 1.29 is 43.9 Å². The van der Waals surface area contributed by atoms with Crippen molar-refractivity contribution in [1.82, 2.24) is 0 Å². The third-order valence-electron chi connectivity index (χ3n) is 3.74. The van der Waals surface area contributed by atoms with Gasteiger partial charge in [0.15, 0.2) is 0 Å². The van der Waals surface area contributed by atoms with Crippen LogP contribution < -0.4 is 0 Å². The van der Waals surface area contributed by atoms with E-state index in [4.69, 9.17) is 9.31 Å². The van der Waals surface area contributed by atoms with Gasteiger partial charge in [0, 0.05) is 0 Å². The second-order valence-electron chi connectivity index (χ2n) is 5.48. The van der Waals surface area contributed by atoms with Crippen LogP contribution in [0.5, 0.6) is 0 Å². The minimum atomic E-state index is -4.78. The molecule has 0 bridgehead atoms. The lowest BCUT2D eigenvalue weighted by Gasteiger charge is -2.34. The topological polar surface area (TPSA) is 139 Å². The zero-order valence-electron chi connectivity index (χ0n) is 13.1. The Kier molecular flexibility index (Phi) is 3.68. The fourth-order valence-electron chi connectivity index (χ4n) is 2.63. The van der Waals surface area contributed by atoms with Crippen LogP contribution >= 0.6 is 0 Å². The maximum atomic E-state index is 12.5. The predicted octanol–water partition coefficient (Wildman–Crippen LogP) is 0.574. The highest BCUT2D eigenvalue weighted by Gasteiger charge is 2.54. The molecule has 0 fully saturated rings. The fourth-order valence-corrected chi connectivity index (χ4v) is 5.07. The Morgan fingerprint density at radius 3 is 1.41 bits per heavy atom. The second-order valence-corrected chi connectivity index (χ2v) is 8.56. The lowest BCUT2D eigenvalue weighted by Crippen LogP contribution is -2.51. The van der Waals surface area contributed by atoms with Crippen LogP contribution in [0, 0.1) is 0 Å². The Labute approximate surface area is 152 Å². The van der Waals surface area contributed by atoms with E-state index in [1.807, 2.05) is 0 Å². The molecule has 0 unspecified atom stereocenters. The zero-order chi connectivity index (χ0) is 19.4. The van der Waals surface area contributed by atoms with Gasteiger partial charge in [-0.3, -0.25) is 9.59 Å². The highest BCUT2D eigenvalue weighted by atomic mass is 32.2. The van der Waals surface area contributed by atoms with Crippen molar-refractivity contribution in [2.75, 3.05) is 0 Å². The molecule has 13 heteroatoms. The third kappa shape index (κ3) is 2.80. The van der Waals surface area contributed by atoms with Crippen LogP contribution in [0.15, 0.2) is 58.3 Å². The second kappa shape index (κ2) is 5.63. The van der Waals surface area contributed by atoms with E-state index in [2.05, 4.69) is 8.20 Å². The molecule has 0 radical (unpaired) electrons. The molecular weight excluding hydrogens is 403 g/mol. The van der Waals surface area contributed by atoms with Gasteiger partial charge in [0.25, 0.3) is 32.2 Å². The Morgan fingerprint density at radius 2 is 1.00 bits per heavy atom. The average Bonchev–Trinajstić information content (AvgIpc) is 2.72. The van der Waals surface area contributed by atoms with Gasteiger partial charge in [-0.2, -0.15) is 16.8 Å². The quantitative estimate of drug-likeness (QED) is 0.566. The molecule has 0 saturated heterocycles. The molecule has 4 rings (SSSR count). The summed E-state index contributed by atoms with van der Waals surface area (Å²) in [6, 6.07) is 9.66. The summed E-state index contributed by atoms with van der Waals surface area (Å²) in [6.45, 7) is -4.32. The molecule has 1 spiro atoms. The van der Waals surface area contributed by atoms with Crippen molar-refractivity contribution in [2.24, 2.45) is 0 Å². The SMILES string of the molecule is O=C1O[B-]2(OC(=O)c3ccccc3S(=O)(=O)O2)OS(=O)(=O)c2ccccc21. The molecule has 2 aliphatic heterocycles. The molecule has 0 saturated carbocycles. The van der Waals surface area contributed by atoms with Crippen molar-refractivity contribution in [3.05, 3.63) is 59.7 Å². The van der Waals surface area contributed by atoms with E-state index in [0.29, 0.717) is 0 Å². The van der Waals surface area contributed by atoms with Crippen LogP contribution in [0.2, 0.25) is 0 Å². The molecule has 10 nitrogen and oxygen atoms in total. The summed E-state index contributed by atoms with van der Waals surface area (Å²) in [4.78, 5) is 23.5. The van der Waals surface area contributed by atoms with Gasteiger partial charge < -0.3 is 17.5 Å². The predicted molar refractivity (Wildman–Crippen MR) is 86.0 cm³/mol. The smallest absolute Gasteiger partial charge is 0.603 e. The van der Waals surface area contributed by atoms with E-state index in [-0.39, 0.29) is 0 Å². The third-order valence-corrected chi connectivity index (χ3v) is 6.51. The van der Waals surface area contributed by atoms with Gasteiger partial charge in [0.1, 0.15) is 9.79 Å². The van der Waals surface area contributed by atoms with Gasteiger partial charge >= 0.3 is 6.96 Å². The van der Waals surface area contributed by atoms with Crippen molar-refractivity contribution in [1.29, 1.82) is 0 Å². The average molecular weight is 411 g/mol. The van der Waals surface area contributed by atoms with Crippen molar-refractivity contribution in [3.63, 3.8) is 0 Å². The first-order chi connectivity index (χ1) is 12.6. The monoisotopic (exact) mass is 411 g/mol. The summed E-state index contributed by atoms with van der Waals surface area (Å²) < 4.78 is 69.0. The highest BCUT2D eigenvalue weighted by molar-refractivity contribution is 7.89. The highest BCUT2D eigenvalue weighted by Crippen LogP contribution is 2.35. The van der Waals surface area contributed by atoms with Crippen LogP contribution in [0.1, 0.15) is 20.7 Å². The Balaban J connectivity index is 1.91. The van der Waals surface area contributed by atoms with Crippen molar-refractivity contribution >= 4 is 39.1 Å². The lowest BCUT2D eigenvalue weighted by molar-refractivity contribution is 0.0319. The summed E-state index contributed by atoms with van der Waals surface area (Å²) in [5.41, 5.74) is -0.870. The molecule has 0 aliphatic carbocycles. The summed E-state index contributed by atoms with van der Waals surface area (Å²) in [7, 11) is -9.56. The van der Waals surface area contributed by atoms with Crippen LogP contribution in [0.3, 0.4) is 0 Å². The summed E-state index contributed by atoms with van der Waals surface area (Å²) in [6.07, 6.45) is 0. The van der Waals surface area contributed by atoms with E-state index in [1.165, 1.54) is 24.3 Å². The van der Waals surface area contributed by atoms with Gasteiger partial charge in [0.05, 0.1) is 11.1 Å². The Hall–Kier alpha value is -2.74. The normalized spacial score (nSPS) is 21.8. The van der Waals surface area contributed by atoms with Gasteiger partial charge in [-0.25, -0.2) is 0 Å². The maximum Gasteiger partial charge on any atom is 0.684 e. The minimum absolute atomic E-state index is 0.435. The number of hydrogen-bond acceptors (Lipinski definition) is 10. The van der Waals surface area contributed by atoms with Crippen LogP contribution in [0.4, 0.5) is 0 Å². The molecule has 140 valence electrons. The minimum Gasteiger partial charge on any atom is -0.603 e. The van der Waals surface area contributed by atoms with E-state index in [0.717, 1.165) is 24.3 Å². The Bertz CT molecular complexity index is 1110. The van der Waals surface area contributed by atoms with Gasteiger partial charge in [-0.05, 0) is 24.3 Å². The van der Waals surface area contributed by atoms with Crippen LogP contribution in [-0.2, 0) is 37.7 Å². The first kappa shape index (κ1) is 17.7. The molecule has 2 aliphatic rings. The summed E-state index contributed by atoms with van der Waals surface area (Å²) in [5.74, 6) is -2.61. The molecule has 2 heterocycles. The number of carbonyl (C=O) groups is 2. The summed E-state index contributed by atoms with van der Waals surface area (Å²) >= 11 is 0. The molecule has 0 amide bonds. The lowest BCUT2D eigenvalue weighted by atomic mass is 10.1. The van der Waals surface area contributed by atoms with Gasteiger partial charge in [-0.1, -0.05) is 24.3 Å². The first-order valence-electron chi connectivity index (χ1n) is 7.32. The number of hydrogen-bond donors (Lipinski definition) is 0. The van der Waals surface area contributed by atoms with E-state index >= 15 is 0 Å². The van der Waals surface area contributed by atoms with Crippen LogP contribution in [-0.4, -0.2) is 35.7 Å². The fraction of sp³-hybridized carbons (Fsp3) is 0.